The molecule has 0 bridgehead atoms. The predicted octanol–water partition coefficient (Wildman–Crippen LogP) is 2.21. The van der Waals surface area contributed by atoms with Crippen LogP contribution in [0.2, 0.25) is 0 Å². The van der Waals surface area contributed by atoms with E-state index in [9.17, 15) is 0 Å². The van der Waals surface area contributed by atoms with Crippen molar-refractivity contribution >= 4 is 11.6 Å². The maximum Gasteiger partial charge on any atom is 0.134 e. The van der Waals surface area contributed by atoms with Crippen molar-refractivity contribution in [3.8, 4) is 6.07 Å². The first-order valence-electron chi connectivity index (χ1n) is 6.85. The lowest BCUT2D eigenvalue weighted by atomic mass is 10.2. The largest absolute Gasteiger partial charge is 0.358 e. The van der Waals surface area contributed by atoms with Gasteiger partial charge in [0.2, 0.25) is 0 Å². The Hall–Kier alpha value is -1.83. The number of nitriles is 1. The topological polar surface area (TPSA) is 56.1 Å². The van der Waals surface area contributed by atoms with E-state index in [0.29, 0.717) is 19.0 Å². The Morgan fingerprint density at radius 2 is 1.95 bits per heavy atom. The standard InChI is InChI=1S/C14H21N5/c1-18(9-5-8-15)13-10-14(17-11-16-13)19(2)12-6-3-4-7-12/h10-12H,3-7,9H2,1-2H3. The minimum absolute atomic E-state index is 0.508. The molecule has 5 nitrogen and oxygen atoms in total. The van der Waals surface area contributed by atoms with Crippen molar-refractivity contribution in [1.29, 1.82) is 5.26 Å². The molecule has 1 aromatic rings. The summed E-state index contributed by atoms with van der Waals surface area (Å²) in [5.41, 5.74) is 0. The van der Waals surface area contributed by atoms with E-state index in [4.69, 9.17) is 5.26 Å². The summed E-state index contributed by atoms with van der Waals surface area (Å²) in [4.78, 5) is 12.9. The summed E-state index contributed by atoms with van der Waals surface area (Å²) >= 11 is 0. The van der Waals surface area contributed by atoms with Crippen LogP contribution in [0, 0.1) is 11.3 Å². The van der Waals surface area contributed by atoms with Crippen molar-refractivity contribution in [3.63, 3.8) is 0 Å². The quantitative estimate of drug-likeness (QED) is 0.811. The van der Waals surface area contributed by atoms with Gasteiger partial charge in [0.15, 0.2) is 0 Å². The molecule has 0 N–H and O–H groups in total. The number of anilines is 2. The summed E-state index contributed by atoms with van der Waals surface area (Å²) in [6.45, 7) is 0.695. The highest BCUT2D eigenvalue weighted by Crippen LogP contribution is 2.26. The van der Waals surface area contributed by atoms with E-state index in [1.165, 1.54) is 25.7 Å². The smallest absolute Gasteiger partial charge is 0.134 e. The fourth-order valence-electron chi connectivity index (χ4n) is 2.55. The van der Waals surface area contributed by atoms with Gasteiger partial charge in [0.05, 0.1) is 12.5 Å². The first-order valence-corrected chi connectivity index (χ1v) is 6.85. The van der Waals surface area contributed by atoms with Crippen LogP contribution < -0.4 is 9.80 Å². The number of aromatic nitrogens is 2. The highest BCUT2D eigenvalue weighted by atomic mass is 15.2. The van der Waals surface area contributed by atoms with E-state index in [1.807, 2.05) is 18.0 Å². The molecule has 0 aromatic carbocycles. The van der Waals surface area contributed by atoms with E-state index >= 15 is 0 Å². The van der Waals surface area contributed by atoms with Gasteiger partial charge < -0.3 is 9.80 Å². The van der Waals surface area contributed by atoms with Gasteiger partial charge in [0.25, 0.3) is 0 Å². The predicted molar refractivity (Wildman–Crippen MR) is 76.2 cm³/mol. The third-order valence-corrected chi connectivity index (χ3v) is 3.82. The third-order valence-electron chi connectivity index (χ3n) is 3.82. The molecule has 2 rings (SSSR count). The van der Waals surface area contributed by atoms with Gasteiger partial charge in [-0.2, -0.15) is 5.26 Å². The fraction of sp³-hybridized carbons (Fsp3) is 0.643. The van der Waals surface area contributed by atoms with Crippen molar-refractivity contribution in [2.24, 2.45) is 0 Å². The average molecular weight is 259 g/mol. The molecular formula is C14H21N5. The fourth-order valence-corrected chi connectivity index (χ4v) is 2.55. The number of rotatable bonds is 5. The van der Waals surface area contributed by atoms with Crippen LogP contribution in [0.25, 0.3) is 0 Å². The van der Waals surface area contributed by atoms with Crippen LogP contribution in [-0.2, 0) is 0 Å². The maximum absolute atomic E-state index is 8.63. The van der Waals surface area contributed by atoms with E-state index in [2.05, 4.69) is 28.0 Å². The lowest BCUT2D eigenvalue weighted by Gasteiger charge is -2.26. The normalized spacial score (nSPS) is 15.2. The molecule has 0 radical (unpaired) electrons. The van der Waals surface area contributed by atoms with Gasteiger partial charge in [0.1, 0.15) is 18.0 Å². The Morgan fingerprint density at radius 1 is 1.26 bits per heavy atom. The zero-order valence-electron chi connectivity index (χ0n) is 11.7. The lowest BCUT2D eigenvalue weighted by molar-refractivity contribution is 0.645. The monoisotopic (exact) mass is 259 g/mol. The molecule has 1 aliphatic rings. The van der Waals surface area contributed by atoms with Gasteiger partial charge in [-0.15, -0.1) is 0 Å². The van der Waals surface area contributed by atoms with Crippen molar-refractivity contribution in [2.45, 2.75) is 38.1 Å². The Balaban J connectivity index is 2.07. The number of hydrogen-bond donors (Lipinski definition) is 0. The Morgan fingerprint density at radius 3 is 2.63 bits per heavy atom. The van der Waals surface area contributed by atoms with Crippen LogP contribution in [-0.4, -0.2) is 36.6 Å². The van der Waals surface area contributed by atoms with Crippen LogP contribution in [0.3, 0.4) is 0 Å². The lowest BCUT2D eigenvalue weighted by Crippen LogP contribution is -2.30. The van der Waals surface area contributed by atoms with Gasteiger partial charge in [0, 0.05) is 32.7 Å². The van der Waals surface area contributed by atoms with Crippen molar-refractivity contribution < 1.29 is 0 Å². The van der Waals surface area contributed by atoms with E-state index < -0.39 is 0 Å². The molecule has 19 heavy (non-hydrogen) atoms. The van der Waals surface area contributed by atoms with Crippen molar-refractivity contribution in [3.05, 3.63) is 12.4 Å². The summed E-state index contributed by atoms with van der Waals surface area (Å²) in [5.74, 6) is 1.85. The molecule has 0 unspecified atom stereocenters. The van der Waals surface area contributed by atoms with Gasteiger partial charge >= 0.3 is 0 Å². The molecule has 0 spiro atoms. The minimum atomic E-state index is 0.508. The Labute approximate surface area is 114 Å². The van der Waals surface area contributed by atoms with Crippen LogP contribution in [0.1, 0.15) is 32.1 Å². The Bertz CT molecular complexity index is 447. The molecule has 5 heteroatoms. The molecular weight excluding hydrogens is 238 g/mol. The highest BCUT2D eigenvalue weighted by molar-refractivity contribution is 5.50. The second-order valence-corrected chi connectivity index (χ2v) is 5.11. The van der Waals surface area contributed by atoms with Gasteiger partial charge in [-0.1, -0.05) is 12.8 Å². The van der Waals surface area contributed by atoms with E-state index in [0.717, 1.165) is 11.6 Å². The van der Waals surface area contributed by atoms with Crippen molar-refractivity contribution in [2.75, 3.05) is 30.4 Å². The highest BCUT2D eigenvalue weighted by Gasteiger charge is 2.21. The van der Waals surface area contributed by atoms with Crippen LogP contribution in [0.15, 0.2) is 12.4 Å². The van der Waals surface area contributed by atoms with Crippen LogP contribution >= 0.6 is 0 Å². The van der Waals surface area contributed by atoms with Gasteiger partial charge in [-0.3, -0.25) is 0 Å². The molecule has 0 aliphatic heterocycles. The molecule has 1 saturated carbocycles. The third kappa shape index (κ3) is 3.34. The summed E-state index contributed by atoms with van der Waals surface area (Å²) in [7, 11) is 4.07. The first kappa shape index (κ1) is 13.6. The summed E-state index contributed by atoms with van der Waals surface area (Å²) in [5, 5.41) is 8.63. The Kier molecular flexibility index (Phi) is 4.56. The SMILES string of the molecule is CN(CCC#N)c1cc(N(C)C2CCCC2)ncn1. The summed E-state index contributed by atoms with van der Waals surface area (Å²) < 4.78 is 0. The zero-order chi connectivity index (χ0) is 13.7. The van der Waals surface area contributed by atoms with Crippen LogP contribution in [0.5, 0.6) is 0 Å². The molecule has 1 heterocycles. The van der Waals surface area contributed by atoms with Gasteiger partial charge in [-0.05, 0) is 12.8 Å². The maximum atomic E-state index is 8.63. The molecule has 102 valence electrons. The molecule has 0 amide bonds. The summed E-state index contributed by atoms with van der Waals surface area (Å²) in [6.07, 6.45) is 7.25. The zero-order valence-corrected chi connectivity index (χ0v) is 11.7. The molecule has 1 aliphatic carbocycles. The number of nitrogens with zero attached hydrogens (tertiary/aromatic N) is 5. The molecule has 1 fully saturated rings. The van der Waals surface area contributed by atoms with E-state index in [-0.39, 0.29) is 0 Å². The van der Waals surface area contributed by atoms with Crippen molar-refractivity contribution in [1.82, 2.24) is 9.97 Å². The van der Waals surface area contributed by atoms with E-state index in [1.54, 1.807) is 6.33 Å². The molecule has 1 aromatic heterocycles. The summed E-state index contributed by atoms with van der Waals surface area (Å²) in [6, 6.07) is 4.77. The second-order valence-electron chi connectivity index (χ2n) is 5.11. The van der Waals surface area contributed by atoms with Gasteiger partial charge in [-0.25, -0.2) is 9.97 Å². The minimum Gasteiger partial charge on any atom is -0.358 e. The average Bonchev–Trinajstić information content (AvgIpc) is 2.98. The van der Waals surface area contributed by atoms with Crippen LogP contribution in [0.4, 0.5) is 11.6 Å². The molecule has 0 saturated heterocycles. The number of hydrogen-bond acceptors (Lipinski definition) is 5. The molecule has 0 atom stereocenters. The second kappa shape index (κ2) is 6.37. The first-order chi connectivity index (χ1) is 9.22.